The smallest absolute Gasteiger partial charge is 0.125 e. The largest absolute Gasteiger partial charge is 0.303 e. The molecule has 1 aliphatic carbocycles. The van der Waals surface area contributed by atoms with Crippen molar-refractivity contribution in [2.75, 3.05) is 0 Å². The third kappa shape index (κ3) is 2.33. The number of hydrogen-bond acceptors (Lipinski definition) is 1. The van der Waals surface area contributed by atoms with Gasteiger partial charge in [-0.05, 0) is 31.6 Å². The van der Waals surface area contributed by atoms with Crippen LogP contribution in [0.5, 0.6) is 0 Å². The van der Waals surface area contributed by atoms with Crippen molar-refractivity contribution in [3.8, 4) is 0 Å². The monoisotopic (exact) mass is 168 g/mol. The van der Waals surface area contributed by atoms with Crippen molar-refractivity contribution in [2.45, 2.75) is 52.4 Å². The maximum absolute atomic E-state index is 10.7. The van der Waals surface area contributed by atoms with Crippen LogP contribution in [0, 0.1) is 11.3 Å². The molecule has 0 spiro atoms. The highest BCUT2D eigenvalue weighted by Crippen LogP contribution is 2.38. The molecule has 0 aromatic carbocycles. The molecule has 12 heavy (non-hydrogen) atoms. The molecule has 1 saturated carbocycles. The highest BCUT2D eigenvalue weighted by molar-refractivity contribution is 5.58. The van der Waals surface area contributed by atoms with Crippen LogP contribution in [0.3, 0.4) is 0 Å². The van der Waals surface area contributed by atoms with Crippen LogP contribution >= 0.6 is 0 Å². The van der Waals surface area contributed by atoms with E-state index in [4.69, 9.17) is 0 Å². The fourth-order valence-corrected chi connectivity index (χ4v) is 2.15. The van der Waals surface area contributed by atoms with Gasteiger partial charge < -0.3 is 4.79 Å². The summed E-state index contributed by atoms with van der Waals surface area (Å²) < 4.78 is 0. The maximum atomic E-state index is 10.7. The minimum atomic E-state index is 0.0181. The third-order valence-corrected chi connectivity index (χ3v) is 3.23. The van der Waals surface area contributed by atoms with Gasteiger partial charge in [0, 0.05) is 5.41 Å². The minimum Gasteiger partial charge on any atom is -0.303 e. The second-order valence-corrected chi connectivity index (χ2v) is 4.50. The van der Waals surface area contributed by atoms with Gasteiger partial charge in [0.15, 0.2) is 0 Å². The molecule has 0 radical (unpaired) electrons. The van der Waals surface area contributed by atoms with E-state index in [0.717, 1.165) is 25.0 Å². The Bertz CT molecular complexity index is 143. The van der Waals surface area contributed by atoms with Crippen LogP contribution in [0.2, 0.25) is 0 Å². The van der Waals surface area contributed by atoms with Crippen LogP contribution in [-0.2, 0) is 4.79 Å². The Morgan fingerprint density at radius 2 is 2.00 bits per heavy atom. The van der Waals surface area contributed by atoms with E-state index in [1.165, 1.54) is 25.7 Å². The second kappa shape index (κ2) is 4.06. The van der Waals surface area contributed by atoms with E-state index in [9.17, 15) is 4.79 Å². The van der Waals surface area contributed by atoms with Gasteiger partial charge in [0.25, 0.3) is 0 Å². The zero-order valence-corrected chi connectivity index (χ0v) is 8.31. The normalized spacial score (nSPS) is 36.3. The lowest BCUT2D eigenvalue weighted by atomic mass is 9.72. The highest BCUT2D eigenvalue weighted by atomic mass is 16.1. The Kier molecular flexibility index (Phi) is 3.30. The quantitative estimate of drug-likeness (QED) is 0.591. The summed E-state index contributed by atoms with van der Waals surface area (Å²) in [6.07, 6.45) is 8.57. The summed E-state index contributed by atoms with van der Waals surface area (Å²) in [6.45, 7) is 4.34. The van der Waals surface area contributed by atoms with Crippen molar-refractivity contribution in [2.24, 2.45) is 11.3 Å². The van der Waals surface area contributed by atoms with Crippen LogP contribution < -0.4 is 0 Å². The van der Waals surface area contributed by atoms with Gasteiger partial charge in [0.1, 0.15) is 6.29 Å². The van der Waals surface area contributed by atoms with Crippen molar-refractivity contribution in [3.63, 3.8) is 0 Å². The van der Waals surface area contributed by atoms with Gasteiger partial charge in [-0.25, -0.2) is 0 Å². The van der Waals surface area contributed by atoms with Crippen LogP contribution in [0.4, 0.5) is 0 Å². The third-order valence-electron chi connectivity index (χ3n) is 3.23. The average Bonchev–Trinajstić information content (AvgIpc) is 2.10. The van der Waals surface area contributed by atoms with Crippen molar-refractivity contribution in [3.05, 3.63) is 0 Å². The zero-order valence-electron chi connectivity index (χ0n) is 8.31. The summed E-state index contributed by atoms with van der Waals surface area (Å²) >= 11 is 0. The van der Waals surface area contributed by atoms with E-state index in [-0.39, 0.29) is 5.41 Å². The fraction of sp³-hybridized carbons (Fsp3) is 0.909. The summed E-state index contributed by atoms with van der Waals surface area (Å²) in [6, 6.07) is 0. The molecule has 0 atom stereocenters. The Balaban J connectivity index is 2.33. The Morgan fingerprint density at radius 3 is 2.42 bits per heavy atom. The van der Waals surface area contributed by atoms with Gasteiger partial charge in [-0.2, -0.15) is 0 Å². The molecule has 1 nitrogen and oxygen atoms in total. The van der Waals surface area contributed by atoms with Crippen LogP contribution in [-0.4, -0.2) is 6.29 Å². The van der Waals surface area contributed by atoms with Gasteiger partial charge in [0.2, 0.25) is 0 Å². The van der Waals surface area contributed by atoms with E-state index in [0.29, 0.717) is 0 Å². The molecule has 0 saturated heterocycles. The van der Waals surface area contributed by atoms with Crippen LogP contribution in [0.15, 0.2) is 0 Å². The van der Waals surface area contributed by atoms with E-state index in [1.54, 1.807) is 0 Å². The van der Waals surface area contributed by atoms with Gasteiger partial charge in [-0.1, -0.05) is 26.7 Å². The van der Waals surface area contributed by atoms with Crippen molar-refractivity contribution < 1.29 is 4.79 Å². The molecular formula is C11H20O. The molecule has 70 valence electrons. The molecule has 0 unspecified atom stereocenters. The van der Waals surface area contributed by atoms with Gasteiger partial charge in [0.05, 0.1) is 0 Å². The summed E-state index contributed by atoms with van der Waals surface area (Å²) in [7, 11) is 0. The van der Waals surface area contributed by atoms with E-state index < -0.39 is 0 Å². The van der Waals surface area contributed by atoms with Crippen LogP contribution in [0.25, 0.3) is 0 Å². The van der Waals surface area contributed by atoms with Crippen molar-refractivity contribution in [1.29, 1.82) is 0 Å². The maximum Gasteiger partial charge on any atom is 0.125 e. The molecule has 0 aliphatic heterocycles. The first-order valence-electron chi connectivity index (χ1n) is 5.16. The summed E-state index contributed by atoms with van der Waals surface area (Å²) in [5, 5.41) is 0. The van der Waals surface area contributed by atoms with Gasteiger partial charge in [-0.3, -0.25) is 0 Å². The highest BCUT2D eigenvalue weighted by Gasteiger charge is 2.29. The fourth-order valence-electron chi connectivity index (χ4n) is 2.15. The van der Waals surface area contributed by atoms with Crippen LogP contribution in [0.1, 0.15) is 52.4 Å². The predicted molar refractivity (Wildman–Crippen MR) is 51.0 cm³/mol. The number of carbonyl (C=O) groups is 1. The molecule has 0 amide bonds. The lowest BCUT2D eigenvalue weighted by Crippen LogP contribution is -2.25. The Hall–Kier alpha value is -0.330. The number of rotatable bonds is 3. The molecule has 1 rings (SSSR count). The predicted octanol–water partition coefficient (Wildman–Crippen LogP) is 3.18. The van der Waals surface area contributed by atoms with E-state index >= 15 is 0 Å². The summed E-state index contributed by atoms with van der Waals surface area (Å²) in [5.74, 6) is 0.906. The van der Waals surface area contributed by atoms with E-state index in [1.807, 2.05) is 0 Å². The first kappa shape index (κ1) is 9.76. The average molecular weight is 168 g/mol. The second-order valence-electron chi connectivity index (χ2n) is 4.50. The molecule has 1 aliphatic rings. The number of aldehydes is 1. The Labute approximate surface area is 75.5 Å². The zero-order chi connectivity index (χ0) is 9.03. The number of carbonyl (C=O) groups excluding carboxylic acids is 1. The Morgan fingerprint density at radius 1 is 1.42 bits per heavy atom. The van der Waals surface area contributed by atoms with Crippen molar-refractivity contribution in [1.82, 2.24) is 0 Å². The molecule has 0 N–H and O–H groups in total. The van der Waals surface area contributed by atoms with Crippen molar-refractivity contribution >= 4 is 6.29 Å². The van der Waals surface area contributed by atoms with Gasteiger partial charge >= 0.3 is 0 Å². The molecule has 1 heteroatoms. The van der Waals surface area contributed by atoms with E-state index in [2.05, 4.69) is 13.8 Å². The SMILES string of the molecule is CCCC1CCC(C)(C=O)CC1. The summed E-state index contributed by atoms with van der Waals surface area (Å²) in [5.41, 5.74) is 0.0181. The molecule has 0 aromatic rings. The minimum absolute atomic E-state index is 0.0181. The standard InChI is InChI=1S/C11H20O/c1-3-4-10-5-7-11(2,9-12)8-6-10/h9-10H,3-8H2,1-2H3. The van der Waals surface area contributed by atoms with Gasteiger partial charge in [-0.15, -0.1) is 0 Å². The lowest BCUT2D eigenvalue weighted by Gasteiger charge is -2.32. The lowest BCUT2D eigenvalue weighted by molar-refractivity contribution is -0.117. The first-order chi connectivity index (χ1) is 5.70. The number of hydrogen-bond donors (Lipinski definition) is 0. The first-order valence-corrected chi connectivity index (χ1v) is 5.16. The molecule has 1 fully saturated rings. The molecule has 0 heterocycles. The molecule has 0 bridgehead atoms. The molecular weight excluding hydrogens is 148 g/mol. The molecule has 0 aromatic heterocycles. The topological polar surface area (TPSA) is 17.1 Å². The summed E-state index contributed by atoms with van der Waals surface area (Å²) in [4.78, 5) is 10.7.